The molecule has 6 nitrogen and oxygen atoms in total. The van der Waals surface area contributed by atoms with Crippen LogP contribution in [-0.2, 0) is 9.53 Å². The molecule has 1 saturated heterocycles. The summed E-state index contributed by atoms with van der Waals surface area (Å²) in [6, 6.07) is 5.57. The van der Waals surface area contributed by atoms with E-state index in [4.69, 9.17) is 4.74 Å². The van der Waals surface area contributed by atoms with E-state index in [9.17, 15) is 4.79 Å². The van der Waals surface area contributed by atoms with Crippen LogP contribution in [0.25, 0.3) is 5.65 Å². The highest BCUT2D eigenvalue weighted by atomic mass is 16.5. The molecule has 1 aliphatic rings. The second kappa shape index (κ2) is 4.06. The van der Waals surface area contributed by atoms with E-state index in [1.807, 2.05) is 25.1 Å². The zero-order valence-electron chi connectivity index (χ0n) is 10.1. The third-order valence-electron chi connectivity index (χ3n) is 3.23. The number of nitrogens with one attached hydrogen (secondary N) is 1. The van der Waals surface area contributed by atoms with E-state index in [1.165, 1.54) is 0 Å². The minimum absolute atomic E-state index is 0.0871. The van der Waals surface area contributed by atoms with Crippen molar-refractivity contribution in [1.29, 1.82) is 0 Å². The van der Waals surface area contributed by atoms with Gasteiger partial charge in [-0.05, 0) is 25.5 Å². The average Bonchev–Trinajstić information content (AvgIpc) is 2.95. The lowest BCUT2D eigenvalue weighted by Gasteiger charge is -2.18. The number of ether oxygens (including phenoxy) is 1. The Bertz CT molecular complexity index is 554. The van der Waals surface area contributed by atoms with Crippen LogP contribution in [0.4, 0.5) is 5.95 Å². The van der Waals surface area contributed by atoms with E-state index in [0.29, 0.717) is 24.8 Å². The second-order valence-electron chi connectivity index (χ2n) is 4.76. The highest BCUT2D eigenvalue weighted by molar-refractivity contribution is 5.94. The lowest BCUT2D eigenvalue weighted by Crippen LogP contribution is -2.34. The van der Waals surface area contributed by atoms with Gasteiger partial charge in [-0.2, -0.15) is 4.98 Å². The van der Waals surface area contributed by atoms with E-state index in [2.05, 4.69) is 15.4 Å². The number of hydrogen-bond donors (Lipinski definition) is 1. The van der Waals surface area contributed by atoms with Crippen LogP contribution in [0.5, 0.6) is 0 Å². The molecule has 3 heterocycles. The molecule has 1 atom stereocenters. The van der Waals surface area contributed by atoms with E-state index in [-0.39, 0.29) is 5.91 Å². The minimum Gasteiger partial charge on any atom is -0.380 e. The van der Waals surface area contributed by atoms with Crippen LogP contribution in [0.1, 0.15) is 13.3 Å². The van der Waals surface area contributed by atoms with Crippen LogP contribution in [-0.4, -0.2) is 33.7 Å². The molecule has 1 N–H and O–H groups in total. The molecule has 6 heteroatoms. The molecule has 3 rings (SSSR count). The van der Waals surface area contributed by atoms with Crippen LogP contribution < -0.4 is 5.32 Å². The largest absolute Gasteiger partial charge is 0.380 e. The molecule has 0 spiro atoms. The highest BCUT2D eigenvalue weighted by Gasteiger charge is 2.37. The van der Waals surface area contributed by atoms with Crippen LogP contribution in [0, 0.1) is 5.41 Å². The molecule has 0 saturated carbocycles. The normalized spacial score (nSPS) is 23.4. The molecular formula is C12H14N4O2. The van der Waals surface area contributed by atoms with Gasteiger partial charge in [-0.1, -0.05) is 6.07 Å². The van der Waals surface area contributed by atoms with E-state index in [0.717, 1.165) is 6.42 Å². The number of nitrogens with zero attached hydrogens (tertiary/aromatic N) is 3. The Morgan fingerprint density at radius 1 is 1.56 bits per heavy atom. The molecule has 2 aromatic heterocycles. The van der Waals surface area contributed by atoms with Crippen molar-refractivity contribution in [2.75, 3.05) is 18.5 Å². The molecule has 1 unspecified atom stereocenters. The summed E-state index contributed by atoms with van der Waals surface area (Å²) < 4.78 is 6.90. The maximum atomic E-state index is 12.1. The first-order valence-corrected chi connectivity index (χ1v) is 5.88. The zero-order valence-corrected chi connectivity index (χ0v) is 10.1. The Morgan fingerprint density at radius 3 is 3.17 bits per heavy atom. The van der Waals surface area contributed by atoms with Crippen molar-refractivity contribution < 1.29 is 9.53 Å². The van der Waals surface area contributed by atoms with Gasteiger partial charge in [0.1, 0.15) is 0 Å². The summed E-state index contributed by atoms with van der Waals surface area (Å²) in [4.78, 5) is 16.4. The van der Waals surface area contributed by atoms with Crippen LogP contribution in [0.3, 0.4) is 0 Å². The average molecular weight is 246 g/mol. The maximum Gasteiger partial charge on any atom is 0.249 e. The number of aromatic nitrogens is 3. The van der Waals surface area contributed by atoms with Crippen LogP contribution >= 0.6 is 0 Å². The first-order chi connectivity index (χ1) is 8.67. The van der Waals surface area contributed by atoms with Crippen molar-refractivity contribution in [1.82, 2.24) is 14.6 Å². The third-order valence-corrected chi connectivity index (χ3v) is 3.23. The lowest BCUT2D eigenvalue weighted by molar-refractivity contribution is -0.124. The monoisotopic (exact) mass is 246 g/mol. The van der Waals surface area contributed by atoms with Gasteiger partial charge >= 0.3 is 0 Å². The van der Waals surface area contributed by atoms with Crippen LogP contribution in [0.15, 0.2) is 24.4 Å². The van der Waals surface area contributed by atoms with E-state index in [1.54, 1.807) is 10.7 Å². The Morgan fingerprint density at radius 2 is 2.44 bits per heavy atom. The molecule has 0 bridgehead atoms. The van der Waals surface area contributed by atoms with Gasteiger partial charge in [-0.25, -0.2) is 4.52 Å². The van der Waals surface area contributed by atoms with Crippen molar-refractivity contribution >= 4 is 17.5 Å². The molecule has 0 aromatic carbocycles. The number of pyridine rings is 1. The van der Waals surface area contributed by atoms with Gasteiger partial charge < -0.3 is 4.74 Å². The summed E-state index contributed by atoms with van der Waals surface area (Å²) in [7, 11) is 0. The number of carbonyl (C=O) groups is 1. The summed E-state index contributed by atoms with van der Waals surface area (Å²) in [6.07, 6.45) is 2.52. The zero-order chi connectivity index (χ0) is 12.6. The molecule has 2 aromatic rings. The topological polar surface area (TPSA) is 68.5 Å². The summed E-state index contributed by atoms with van der Waals surface area (Å²) in [5.41, 5.74) is 0.234. The smallest absolute Gasteiger partial charge is 0.249 e. The number of amides is 1. The Kier molecular flexibility index (Phi) is 2.52. The Hall–Kier alpha value is -1.95. The number of fused-ring (bicyclic) bond motifs is 1. The third kappa shape index (κ3) is 1.84. The van der Waals surface area contributed by atoms with Crippen molar-refractivity contribution in [3.8, 4) is 0 Å². The Labute approximate surface area is 104 Å². The fraction of sp³-hybridized carbons (Fsp3) is 0.417. The summed E-state index contributed by atoms with van der Waals surface area (Å²) in [5.74, 6) is 0.246. The molecule has 0 aliphatic carbocycles. The standard InChI is InChI=1S/C12H14N4O2/c1-12(5-7-18-8-12)10(17)14-11-13-9-4-2-3-6-16(9)15-11/h2-4,6H,5,7-8H2,1H3,(H,14,15,17). The molecule has 1 fully saturated rings. The van der Waals surface area contributed by atoms with Gasteiger partial charge in [0, 0.05) is 12.8 Å². The SMILES string of the molecule is CC1(C(=O)Nc2nc3ccccn3n2)CCOC1. The molecule has 1 aliphatic heterocycles. The Balaban J connectivity index is 1.81. The molecule has 18 heavy (non-hydrogen) atoms. The van der Waals surface area contributed by atoms with Crippen molar-refractivity contribution in [2.24, 2.45) is 5.41 Å². The quantitative estimate of drug-likeness (QED) is 0.861. The molecule has 1 amide bonds. The number of rotatable bonds is 2. The van der Waals surface area contributed by atoms with Gasteiger partial charge in [-0.3, -0.25) is 10.1 Å². The van der Waals surface area contributed by atoms with Crippen molar-refractivity contribution in [2.45, 2.75) is 13.3 Å². The predicted octanol–water partition coefficient (Wildman–Crippen LogP) is 1.09. The van der Waals surface area contributed by atoms with Gasteiger partial charge in [0.2, 0.25) is 11.9 Å². The summed E-state index contributed by atoms with van der Waals surface area (Å²) >= 11 is 0. The summed E-state index contributed by atoms with van der Waals surface area (Å²) in [5, 5.41) is 6.94. The first kappa shape index (κ1) is 11.2. The summed E-state index contributed by atoms with van der Waals surface area (Å²) in [6.45, 7) is 2.97. The van der Waals surface area contributed by atoms with E-state index < -0.39 is 5.41 Å². The predicted molar refractivity (Wildman–Crippen MR) is 65.2 cm³/mol. The fourth-order valence-electron chi connectivity index (χ4n) is 1.98. The van der Waals surface area contributed by atoms with Gasteiger partial charge in [0.15, 0.2) is 5.65 Å². The van der Waals surface area contributed by atoms with Gasteiger partial charge in [0.05, 0.1) is 12.0 Å². The van der Waals surface area contributed by atoms with Gasteiger partial charge in [0.25, 0.3) is 0 Å². The number of hydrogen-bond acceptors (Lipinski definition) is 4. The van der Waals surface area contributed by atoms with Crippen molar-refractivity contribution in [3.05, 3.63) is 24.4 Å². The van der Waals surface area contributed by atoms with E-state index >= 15 is 0 Å². The van der Waals surface area contributed by atoms with Crippen LogP contribution in [0.2, 0.25) is 0 Å². The first-order valence-electron chi connectivity index (χ1n) is 5.88. The molecule has 94 valence electrons. The minimum atomic E-state index is -0.475. The fourth-order valence-corrected chi connectivity index (χ4v) is 1.98. The highest BCUT2D eigenvalue weighted by Crippen LogP contribution is 2.28. The molecule has 0 radical (unpaired) electrons. The second-order valence-corrected chi connectivity index (χ2v) is 4.76. The van der Waals surface area contributed by atoms with Crippen molar-refractivity contribution in [3.63, 3.8) is 0 Å². The number of carbonyl (C=O) groups excluding carboxylic acids is 1. The maximum absolute atomic E-state index is 12.1. The lowest BCUT2D eigenvalue weighted by atomic mass is 9.89. The van der Waals surface area contributed by atoms with Gasteiger partial charge in [-0.15, -0.1) is 5.10 Å². The number of anilines is 1. The molecular weight excluding hydrogens is 232 g/mol.